The second-order valence-corrected chi connectivity index (χ2v) is 7.98. The van der Waals surface area contributed by atoms with Gasteiger partial charge in [0.25, 0.3) is 5.70 Å². The van der Waals surface area contributed by atoms with E-state index in [1.165, 1.54) is 5.56 Å². The van der Waals surface area contributed by atoms with Crippen LogP contribution in [-0.4, -0.2) is 10.1 Å². The van der Waals surface area contributed by atoms with Gasteiger partial charge in [-0.2, -0.15) is 4.57 Å². The number of nitrogens with one attached hydrogen (secondary N) is 1. The van der Waals surface area contributed by atoms with Crippen LogP contribution in [0.5, 0.6) is 0 Å². The van der Waals surface area contributed by atoms with Crippen molar-refractivity contribution in [3.8, 4) is 0 Å². The highest BCUT2D eigenvalue weighted by molar-refractivity contribution is 7.81. The van der Waals surface area contributed by atoms with E-state index < -0.39 is 0 Å². The van der Waals surface area contributed by atoms with Crippen molar-refractivity contribution < 1.29 is 14.1 Å². The molecule has 0 radical (unpaired) electrons. The first-order valence-electron chi connectivity index (χ1n) is 9.17. The van der Waals surface area contributed by atoms with E-state index in [-0.39, 0.29) is 11.2 Å². The van der Waals surface area contributed by atoms with E-state index in [1.54, 1.807) is 6.26 Å². The summed E-state index contributed by atoms with van der Waals surface area (Å²) >= 11 is 5.60. The highest BCUT2D eigenvalue weighted by atomic mass is 32.1. The van der Waals surface area contributed by atoms with Gasteiger partial charge in [-0.3, -0.25) is 0 Å². The standard InChI is InChI=1S/C23H24N2O2S/c1-23(2,3)18-11-9-17(10-12-18)21(26)20(25-13-5-4-6-14-25)22(28)24-16-19-8-7-15-27-19/h4-15H,16H2,1-3H3,(H-,24,26,28)/p+1. The number of hydrogen-bond acceptors (Lipinski definition) is 3. The van der Waals surface area contributed by atoms with Crippen LogP contribution in [0.3, 0.4) is 0 Å². The Morgan fingerprint density at radius 2 is 1.71 bits per heavy atom. The second kappa shape index (κ2) is 8.40. The lowest BCUT2D eigenvalue weighted by molar-refractivity contribution is -0.576. The van der Waals surface area contributed by atoms with Gasteiger partial charge >= 0.3 is 0 Å². The number of benzene rings is 1. The van der Waals surface area contributed by atoms with Crippen LogP contribution in [0.1, 0.15) is 37.7 Å². The molecule has 0 fully saturated rings. The molecule has 0 unspecified atom stereocenters. The first-order chi connectivity index (χ1) is 13.4. The number of thiocarbonyl (C=S) groups is 1. The minimum absolute atomic E-state index is 0.0504. The highest BCUT2D eigenvalue weighted by Gasteiger charge is 2.24. The first kappa shape index (κ1) is 19.8. The molecule has 0 aliphatic carbocycles. The number of furan rings is 1. The Kier molecular flexibility index (Phi) is 5.95. The van der Waals surface area contributed by atoms with Gasteiger partial charge < -0.3 is 14.8 Å². The van der Waals surface area contributed by atoms with Gasteiger partial charge in [-0.1, -0.05) is 63.3 Å². The number of aliphatic hydroxyl groups is 1. The quantitative estimate of drug-likeness (QED) is 0.281. The largest absolute Gasteiger partial charge is 0.502 e. The summed E-state index contributed by atoms with van der Waals surface area (Å²) in [6.45, 7) is 6.93. The number of aliphatic hydroxyl groups excluding tert-OH is 1. The van der Waals surface area contributed by atoms with Gasteiger partial charge in [-0.25, -0.2) is 0 Å². The third kappa shape index (κ3) is 4.67. The monoisotopic (exact) mass is 393 g/mol. The molecular formula is C23H25N2O2S+. The Labute approximate surface area is 171 Å². The molecule has 3 aromatic rings. The van der Waals surface area contributed by atoms with Crippen molar-refractivity contribution in [2.24, 2.45) is 0 Å². The lowest BCUT2D eigenvalue weighted by atomic mass is 9.86. The van der Waals surface area contributed by atoms with Crippen molar-refractivity contribution in [3.63, 3.8) is 0 Å². The molecule has 2 heterocycles. The number of pyridine rings is 1. The Morgan fingerprint density at radius 1 is 1.04 bits per heavy atom. The maximum Gasteiger partial charge on any atom is 0.287 e. The summed E-state index contributed by atoms with van der Waals surface area (Å²) in [6, 6.07) is 17.3. The van der Waals surface area contributed by atoms with Gasteiger partial charge in [-0.15, -0.1) is 0 Å². The number of rotatable bonds is 5. The molecule has 0 aliphatic heterocycles. The average Bonchev–Trinajstić information content (AvgIpc) is 3.20. The van der Waals surface area contributed by atoms with Gasteiger partial charge in [0.2, 0.25) is 0 Å². The molecule has 5 heteroatoms. The molecule has 3 rings (SSSR count). The van der Waals surface area contributed by atoms with E-state index in [0.717, 1.165) is 5.76 Å². The minimum atomic E-state index is 0.0504. The molecule has 28 heavy (non-hydrogen) atoms. The molecule has 4 nitrogen and oxygen atoms in total. The Bertz CT molecular complexity index is 954. The SMILES string of the molecule is CC(C)(C)c1ccc(/C(O)=C(/C(=S)NCc2ccco2)[n+]2ccccc2)cc1. The third-order valence-corrected chi connectivity index (χ3v) is 4.78. The van der Waals surface area contributed by atoms with Crippen molar-refractivity contribution in [2.75, 3.05) is 0 Å². The fourth-order valence-corrected chi connectivity index (χ4v) is 3.10. The van der Waals surface area contributed by atoms with Crippen LogP contribution in [0, 0.1) is 0 Å². The van der Waals surface area contributed by atoms with E-state index in [4.69, 9.17) is 16.6 Å². The van der Waals surface area contributed by atoms with Gasteiger partial charge in [0.05, 0.1) is 12.8 Å². The summed E-state index contributed by atoms with van der Waals surface area (Å²) in [6.07, 6.45) is 5.34. The topological polar surface area (TPSA) is 49.3 Å². The van der Waals surface area contributed by atoms with E-state index in [1.807, 2.05) is 71.6 Å². The molecule has 2 N–H and O–H groups in total. The maximum absolute atomic E-state index is 11.1. The molecule has 0 bridgehead atoms. The lowest BCUT2D eigenvalue weighted by Crippen LogP contribution is -2.40. The second-order valence-electron chi connectivity index (χ2n) is 7.57. The normalized spacial score (nSPS) is 12.4. The Balaban J connectivity index is 1.96. The summed E-state index contributed by atoms with van der Waals surface area (Å²) in [5, 5.41) is 14.2. The predicted octanol–water partition coefficient (Wildman–Crippen LogP) is 4.87. The summed E-state index contributed by atoms with van der Waals surface area (Å²) in [7, 11) is 0. The van der Waals surface area contributed by atoms with E-state index in [2.05, 4.69) is 26.1 Å². The molecule has 0 amide bonds. The zero-order chi connectivity index (χ0) is 20.1. The molecule has 0 saturated heterocycles. The van der Waals surface area contributed by atoms with Crippen LogP contribution in [-0.2, 0) is 12.0 Å². The molecular weight excluding hydrogens is 368 g/mol. The molecule has 2 aromatic heterocycles. The van der Waals surface area contributed by atoms with Crippen molar-refractivity contribution in [1.82, 2.24) is 5.32 Å². The van der Waals surface area contributed by atoms with Crippen molar-refractivity contribution >= 4 is 28.7 Å². The van der Waals surface area contributed by atoms with Gasteiger partial charge in [-0.05, 0) is 23.1 Å². The first-order valence-corrected chi connectivity index (χ1v) is 9.58. The van der Waals surface area contributed by atoms with E-state index >= 15 is 0 Å². The predicted molar refractivity (Wildman–Crippen MR) is 116 cm³/mol. The fourth-order valence-electron chi connectivity index (χ4n) is 2.82. The van der Waals surface area contributed by atoms with Crippen molar-refractivity contribution in [3.05, 3.63) is 90.1 Å². The molecule has 1 aromatic carbocycles. The zero-order valence-electron chi connectivity index (χ0n) is 16.3. The Hall–Kier alpha value is -2.92. The smallest absolute Gasteiger partial charge is 0.287 e. The van der Waals surface area contributed by atoms with Crippen molar-refractivity contribution in [1.29, 1.82) is 0 Å². The minimum Gasteiger partial charge on any atom is -0.502 e. The Morgan fingerprint density at radius 3 is 2.29 bits per heavy atom. The molecule has 0 aliphatic rings. The summed E-state index contributed by atoms with van der Waals surface area (Å²) < 4.78 is 7.16. The average molecular weight is 394 g/mol. The van der Waals surface area contributed by atoms with Crippen molar-refractivity contribution in [2.45, 2.75) is 32.7 Å². The van der Waals surface area contributed by atoms with Crippen LogP contribution in [0.25, 0.3) is 11.5 Å². The number of hydrogen-bond donors (Lipinski definition) is 2. The molecule has 0 saturated carbocycles. The molecule has 0 atom stereocenters. The third-order valence-electron chi connectivity index (χ3n) is 4.44. The summed E-state index contributed by atoms with van der Waals surface area (Å²) in [4.78, 5) is 0.435. The summed E-state index contributed by atoms with van der Waals surface area (Å²) in [5.41, 5.74) is 2.48. The van der Waals surface area contributed by atoms with Crippen LogP contribution < -0.4 is 9.88 Å². The zero-order valence-corrected chi connectivity index (χ0v) is 17.2. The maximum atomic E-state index is 11.1. The summed E-state index contributed by atoms with van der Waals surface area (Å²) in [5.74, 6) is 0.891. The molecule has 0 spiro atoms. The van der Waals surface area contributed by atoms with Crippen LogP contribution in [0.2, 0.25) is 0 Å². The van der Waals surface area contributed by atoms with E-state index in [9.17, 15) is 5.11 Å². The number of nitrogens with zero attached hydrogens (tertiary/aromatic N) is 1. The van der Waals surface area contributed by atoms with Gasteiger partial charge in [0, 0.05) is 17.7 Å². The molecule has 144 valence electrons. The lowest BCUT2D eigenvalue weighted by Gasteiger charge is -2.19. The van der Waals surface area contributed by atoms with Crippen LogP contribution in [0.15, 0.2) is 77.7 Å². The fraction of sp³-hybridized carbons (Fsp3) is 0.217. The van der Waals surface area contributed by atoms with Gasteiger partial charge in [0.15, 0.2) is 23.1 Å². The van der Waals surface area contributed by atoms with Gasteiger partial charge in [0.1, 0.15) is 5.76 Å². The number of aromatic nitrogens is 1. The van der Waals surface area contributed by atoms with Crippen LogP contribution in [0.4, 0.5) is 0 Å². The van der Waals surface area contributed by atoms with E-state index in [0.29, 0.717) is 22.8 Å². The highest BCUT2D eigenvalue weighted by Crippen LogP contribution is 2.25. The van der Waals surface area contributed by atoms with Crippen LogP contribution >= 0.6 is 12.2 Å².